The Labute approximate surface area is 212 Å². The molecule has 4 rings (SSSR count). The molecule has 0 radical (unpaired) electrons. The number of fused-ring (bicyclic) bond motifs is 1. The van der Waals surface area contributed by atoms with E-state index in [2.05, 4.69) is 25.8 Å². The van der Waals surface area contributed by atoms with Crippen LogP contribution < -0.4 is 10.6 Å². The fourth-order valence-corrected chi connectivity index (χ4v) is 5.64. The van der Waals surface area contributed by atoms with Crippen molar-refractivity contribution >= 4 is 54.0 Å². The molecule has 1 amide bonds. The number of nitrogens with zero attached hydrogens (tertiary/aromatic N) is 3. The number of benzene rings is 1. The van der Waals surface area contributed by atoms with Crippen molar-refractivity contribution in [3.8, 4) is 0 Å². The summed E-state index contributed by atoms with van der Waals surface area (Å²) in [7, 11) is -0.174. The van der Waals surface area contributed by atoms with Crippen LogP contribution >= 0.6 is 11.3 Å². The van der Waals surface area contributed by atoms with Crippen molar-refractivity contribution < 1.29 is 27.5 Å². The molecule has 3 aromatic rings. The van der Waals surface area contributed by atoms with Crippen molar-refractivity contribution in [1.29, 1.82) is 0 Å². The average molecular weight is 534 g/mol. The predicted octanol–water partition coefficient (Wildman–Crippen LogP) is 2.69. The number of amides is 1. The summed E-state index contributed by atoms with van der Waals surface area (Å²) in [4.78, 5) is 28.4. The monoisotopic (exact) mass is 533 g/mol. The molecule has 1 aromatic carbocycles. The lowest BCUT2D eigenvalue weighted by atomic mass is 10.1. The molecule has 1 saturated heterocycles. The van der Waals surface area contributed by atoms with Crippen LogP contribution in [0.2, 0.25) is 0 Å². The maximum Gasteiger partial charge on any atom is 0.280 e. The first kappa shape index (κ1) is 25.9. The van der Waals surface area contributed by atoms with Crippen molar-refractivity contribution in [3.05, 3.63) is 42.1 Å². The second kappa shape index (κ2) is 11.7. The van der Waals surface area contributed by atoms with E-state index >= 15 is 0 Å². The van der Waals surface area contributed by atoms with Gasteiger partial charge in [0.1, 0.15) is 10.3 Å². The van der Waals surface area contributed by atoms with E-state index in [-0.39, 0.29) is 22.5 Å². The van der Waals surface area contributed by atoms with E-state index in [4.69, 9.17) is 14.3 Å². The molecular formula is C23H27N5O6S2. The first-order valence-electron chi connectivity index (χ1n) is 11.3. The number of carbonyl (C=O) groups is 1. The molecule has 3 heterocycles. The lowest BCUT2D eigenvalue weighted by Crippen LogP contribution is -2.25. The van der Waals surface area contributed by atoms with Gasteiger partial charge in [-0.3, -0.25) is 10.1 Å². The predicted molar refractivity (Wildman–Crippen MR) is 137 cm³/mol. The Kier molecular flexibility index (Phi) is 8.46. The van der Waals surface area contributed by atoms with Crippen molar-refractivity contribution in [2.24, 2.45) is 5.16 Å². The molecule has 1 aliphatic heterocycles. The number of thiazole rings is 1. The number of oxime groups is 1. The number of anilines is 2. The van der Waals surface area contributed by atoms with E-state index in [0.29, 0.717) is 53.7 Å². The Morgan fingerprint density at radius 1 is 1.28 bits per heavy atom. The number of ether oxygens (including phenoxy) is 2. The highest BCUT2D eigenvalue weighted by Crippen LogP contribution is 2.29. The summed E-state index contributed by atoms with van der Waals surface area (Å²) >= 11 is 1.23. The maximum atomic E-state index is 13.3. The van der Waals surface area contributed by atoms with Gasteiger partial charge >= 0.3 is 0 Å². The molecule has 13 heteroatoms. The lowest BCUT2D eigenvalue weighted by molar-refractivity contribution is -0.110. The van der Waals surface area contributed by atoms with E-state index in [1.807, 2.05) is 0 Å². The van der Waals surface area contributed by atoms with Crippen LogP contribution in [0.1, 0.15) is 18.4 Å². The summed E-state index contributed by atoms with van der Waals surface area (Å²) in [6.07, 6.45) is 2.44. The van der Waals surface area contributed by atoms with Crippen LogP contribution in [-0.4, -0.2) is 75.8 Å². The third kappa shape index (κ3) is 6.16. The number of pyridine rings is 1. The van der Waals surface area contributed by atoms with Gasteiger partial charge in [0.05, 0.1) is 29.5 Å². The van der Waals surface area contributed by atoms with Crippen molar-refractivity contribution in [2.45, 2.75) is 23.8 Å². The van der Waals surface area contributed by atoms with Crippen LogP contribution in [0.5, 0.6) is 0 Å². The molecule has 1 aliphatic rings. The molecular weight excluding hydrogens is 506 g/mol. The van der Waals surface area contributed by atoms with Crippen LogP contribution in [0.3, 0.4) is 0 Å². The maximum absolute atomic E-state index is 13.3. The molecule has 2 N–H and O–H groups in total. The molecule has 0 spiro atoms. The zero-order chi connectivity index (χ0) is 25.5. The van der Waals surface area contributed by atoms with Crippen LogP contribution in [0.4, 0.5) is 10.8 Å². The quantitative estimate of drug-likeness (QED) is 0.216. The minimum absolute atomic E-state index is 0.00807. The van der Waals surface area contributed by atoms with E-state index in [9.17, 15) is 13.2 Å². The zero-order valence-corrected chi connectivity index (χ0v) is 21.5. The van der Waals surface area contributed by atoms with Gasteiger partial charge in [-0.1, -0.05) is 28.6 Å². The van der Waals surface area contributed by atoms with E-state index in [1.165, 1.54) is 42.7 Å². The lowest BCUT2D eigenvalue weighted by Gasteiger charge is -2.10. The molecule has 0 bridgehead atoms. The highest BCUT2D eigenvalue weighted by Gasteiger charge is 2.22. The van der Waals surface area contributed by atoms with Crippen LogP contribution in [0, 0.1) is 0 Å². The Morgan fingerprint density at radius 3 is 2.78 bits per heavy atom. The van der Waals surface area contributed by atoms with Gasteiger partial charge in [0.2, 0.25) is 0 Å². The third-order valence-electron chi connectivity index (χ3n) is 5.43. The van der Waals surface area contributed by atoms with Gasteiger partial charge in [-0.2, -0.15) is 0 Å². The van der Waals surface area contributed by atoms with Gasteiger partial charge in [0.15, 0.2) is 26.8 Å². The van der Waals surface area contributed by atoms with Crippen LogP contribution in [0.25, 0.3) is 10.3 Å². The molecule has 0 aliphatic carbocycles. The smallest absolute Gasteiger partial charge is 0.280 e. The minimum Gasteiger partial charge on any atom is -0.389 e. The number of sulfone groups is 1. The standard InChI is InChI=1S/C23H27N5O6S2/c1-24-18-8-10-25-22-20(18)26-23(35-22)27-21(29)19(28-34-16-9-12-33-14-16)15-4-6-17(7-5-15)36(30,31)13-3-11-32-2/h4-8,10,16H,3,9,11-14H2,1-2H3,(H,24,25)(H,26,27,29)/b28-19+/t16-/m1/s1. The summed E-state index contributed by atoms with van der Waals surface area (Å²) in [5.74, 6) is -0.582. The van der Waals surface area contributed by atoms with Gasteiger partial charge in [-0.15, -0.1) is 0 Å². The summed E-state index contributed by atoms with van der Waals surface area (Å²) in [5.41, 5.74) is 1.82. The molecule has 11 nitrogen and oxygen atoms in total. The topological polar surface area (TPSA) is 141 Å². The molecule has 192 valence electrons. The highest BCUT2D eigenvalue weighted by atomic mass is 32.2. The molecule has 2 aromatic heterocycles. The molecule has 1 fully saturated rings. The molecule has 36 heavy (non-hydrogen) atoms. The molecule has 0 saturated carbocycles. The molecule has 1 atom stereocenters. The van der Waals surface area contributed by atoms with E-state index in [1.54, 1.807) is 19.3 Å². The number of nitrogens with one attached hydrogen (secondary N) is 2. The van der Waals surface area contributed by atoms with Crippen LogP contribution in [-0.2, 0) is 28.9 Å². The van der Waals surface area contributed by atoms with Gasteiger partial charge in [-0.05, 0) is 24.6 Å². The van der Waals surface area contributed by atoms with Crippen molar-refractivity contribution in [3.63, 3.8) is 0 Å². The Hall–Kier alpha value is -3.13. The van der Waals surface area contributed by atoms with Crippen LogP contribution in [0.15, 0.2) is 46.6 Å². The first-order valence-corrected chi connectivity index (χ1v) is 13.8. The number of hydrogen-bond donors (Lipinski definition) is 2. The van der Waals surface area contributed by atoms with Gasteiger partial charge in [-0.25, -0.2) is 18.4 Å². The highest BCUT2D eigenvalue weighted by molar-refractivity contribution is 7.91. The van der Waals surface area contributed by atoms with Gasteiger partial charge < -0.3 is 19.6 Å². The van der Waals surface area contributed by atoms with Gasteiger partial charge in [0, 0.05) is 38.9 Å². The SMILES string of the molecule is CNc1ccnc2sc(NC(=O)/C(=N/O[C@@H]3CCOC3)c3ccc(S(=O)(=O)CCCOC)cc3)nc12. The normalized spacial score (nSPS) is 16.3. The minimum atomic E-state index is -3.48. The average Bonchev–Trinajstić information content (AvgIpc) is 3.54. The number of methoxy groups -OCH3 is 1. The van der Waals surface area contributed by atoms with Crippen molar-refractivity contribution in [1.82, 2.24) is 9.97 Å². The van der Waals surface area contributed by atoms with E-state index in [0.717, 1.165) is 5.69 Å². The van der Waals surface area contributed by atoms with E-state index < -0.39 is 15.7 Å². The number of carbonyl (C=O) groups excluding carboxylic acids is 1. The number of rotatable bonds is 11. The summed E-state index contributed by atoms with van der Waals surface area (Å²) in [5, 5.41) is 10.3. The molecule has 0 unspecified atom stereocenters. The fraction of sp³-hybridized carbons (Fsp3) is 0.391. The second-order valence-electron chi connectivity index (χ2n) is 7.96. The zero-order valence-electron chi connectivity index (χ0n) is 19.9. The fourth-order valence-electron chi connectivity index (χ4n) is 3.52. The van der Waals surface area contributed by atoms with Gasteiger partial charge in [0.25, 0.3) is 5.91 Å². The largest absolute Gasteiger partial charge is 0.389 e. The summed E-state index contributed by atoms with van der Waals surface area (Å²) < 4.78 is 35.4. The third-order valence-corrected chi connectivity index (χ3v) is 8.13. The summed E-state index contributed by atoms with van der Waals surface area (Å²) in [6.45, 7) is 1.30. The Bertz CT molecular complexity index is 1330. The van der Waals surface area contributed by atoms with Crippen molar-refractivity contribution in [2.75, 3.05) is 50.4 Å². The second-order valence-corrected chi connectivity index (χ2v) is 11.0. The first-order chi connectivity index (χ1) is 17.4. The number of hydrogen-bond acceptors (Lipinski definition) is 11. The Balaban J connectivity index is 1.58. The number of aromatic nitrogens is 2. The summed E-state index contributed by atoms with van der Waals surface area (Å²) in [6, 6.07) is 7.78. The Morgan fingerprint density at radius 2 is 2.08 bits per heavy atom.